The second-order valence-corrected chi connectivity index (χ2v) is 4.16. The molecular formula is C10H14F3NO4. The molecule has 0 unspecified atom stereocenters. The molecule has 18 heavy (non-hydrogen) atoms. The van der Waals surface area contributed by atoms with Crippen molar-refractivity contribution in [1.29, 1.82) is 0 Å². The van der Waals surface area contributed by atoms with E-state index >= 15 is 0 Å². The fourth-order valence-electron chi connectivity index (χ4n) is 1.66. The Morgan fingerprint density at radius 2 is 1.94 bits per heavy atom. The van der Waals surface area contributed by atoms with Crippen molar-refractivity contribution >= 4 is 11.9 Å². The first-order chi connectivity index (χ1) is 8.28. The minimum absolute atomic E-state index is 0.135. The van der Waals surface area contributed by atoms with Crippen molar-refractivity contribution in [1.82, 2.24) is 5.32 Å². The van der Waals surface area contributed by atoms with Gasteiger partial charge in [0.15, 0.2) is 0 Å². The van der Waals surface area contributed by atoms with Crippen molar-refractivity contribution in [2.45, 2.75) is 25.4 Å². The van der Waals surface area contributed by atoms with Gasteiger partial charge in [-0.05, 0) is 12.8 Å². The summed E-state index contributed by atoms with van der Waals surface area (Å²) in [5.74, 6) is -1.85. The molecule has 0 aliphatic heterocycles. The molecule has 1 amide bonds. The number of nitrogens with one attached hydrogen (secondary N) is 1. The number of carboxylic acids is 1. The van der Waals surface area contributed by atoms with Crippen molar-refractivity contribution in [3.63, 3.8) is 0 Å². The first-order valence-electron chi connectivity index (χ1n) is 5.44. The van der Waals surface area contributed by atoms with Crippen molar-refractivity contribution in [2.24, 2.45) is 5.41 Å². The van der Waals surface area contributed by atoms with E-state index in [9.17, 15) is 22.8 Å². The zero-order chi connectivity index (χ0) is 13.8. The van der Waals surface area contributed by atoms with Crippen molar-refractivity contribution in [2.75, 3.05) is 19.8 Å². The molecule has 0 saturated heterocycles. The third-order valence-electron chi connectivity index (χ3n) is 2.85. The summed E-state index contributed by atoms with van der Waals surface area (Å²) >= 11 is 0. The molecule has 0 bridgehead atoms. The average Bonchev–Trinajstić information content (AvgIpc) is 2.12. The molecule has 0 aromatic rings. The molecule has 1 saturated carbocycles. The van der Waals surface area contributed by atoms with Crippen LogP contribution in [0.25, 0.3) is 0 Å². The smallest absolute Gasteiger partial charge is 0.411 e. The van der Waals surface area contributed by atoms with E-state index in [1.807, 2.05) is 0 Å². The van der Waals surface area contributed by atoms with Gasteiger partial charge < -0.3 is 15.2 Å². The number of hydrogen-bond donors (Lipinski definition) is 2. The highest BCUT2D eigenvalue weighted by Gasteiger charge is 2.50. The monoisotopic (exact) mass is 269 g/mol. The van der Waals surface area contributed by atoms with E-state index in [0.29, 0.717) is 6.42 Å². The fraction of sp³-hybridized carbons (Fsp3) is 0.800. The highest BCUT2D eigenvalue weighted by atomic mass is 19.4. The van der Waals surface area contributed by atoms with Gasteiger partial charge in [0.1, 0.15) is 12.0 Å². The molecule has 0 aromatic carbocycles. The number of amides is 1. The van der Waals surface area contributed by atoms with E-state index in [1.54, 1.807) is 0 Å². The summed E-state index contributed by atoms with van der Waals surface area (Å²) in [6.45, 7) is -1.82. The minimum atomic E-state index is -4.40. The molecule has 1 aliphatic rings. The number of aliphatic carboxylic acids is 1. The van der Waals surface area contributed by atoms with E-state index in [-0.39, 0.29) is 26.0 Å². The van der Waals surface area contributed by atoms with Gasteiger partial charge in [-0.2, -0.15) is 13.2 Å². The second-order valence-electron chi connectivity index (χ2n) is 4.16. The maximum Gasteiger partial charge on any atom is 0.411 e. The van der Waals surface area contributed by atoms with Gasteiger partial charge in [-0.3, -0.25) is 9.59 Å². The van der Waals surface area contributed by atoms with E-state index < -0.39 is 30.1 Å². The van der Waals surface area contributed by atoms with Gasteiger partial charge in [0, 0.05) is 6.54 Å². The van der Waals surface area contributed by atoms with Gasteiger partial charge in [-0.1, -0.05) is 6.42 Å². The van der Waals surface area contributed by atoms with Crippen LogP contribution >= 0.6 is 0 Å². The molecule has 0 aromatic heterocycles. The Labute approximate surface area is 101 Å². The van der Waals surface area contributed by atoms with Gasteiger partial charge in [-0.25, -0.2) is 0 Å². The Bertz CT molecular complexity index is 326. The van der Waals surface area contributed by atoms with Crippen molar-refractivity contribution in [3.8, 4) is 0 Å². The summed E-state index contributed by atoms with van der Waals surface area (Å²) in [7, 11) is 0. The topological polar surface area (TPSA) is 75.6 Å². The predicted octanol–water partition coefficient (Wildman–Crippen LogP) is 0.936. The number of rotatable bonds is 6. The third-order valence-corrected chi connectivity index (χ3v) is 2.85. The van der Waals surface area contributed by atoms with Crippen LogP contribution in [0.1, 0.15) is 19.3 Å². The van der Waals surface area contributed by atoms with Gasteiger partial charge >= 0.3 is 12.1 Å². The molecular weight excluding hydrogens is 255 g/mol. The lowest BCUT2D eigenvalue weighted by atomic mass is 9.68. The molecule has 1 rings (SSSR count). The molecule has 0 radical (unpaired) electrons. The van der Waals surface area contributed by atoms with Crippen molar-refractivity contribution < 1.29 is 32.6 Å². The summed E-state index contributed by atoms with van der Waals surface area (Å²) in [4.78, 5) is 22.5. The quantitative estimate of drug-likeness (QED) is 0.555. The van der Waals surface area contributed by atoms with Crippen LogP contribution in [0.3, 0.4) is 0 Å². The lowest BCUT2D eigenvalue weighted by molar-refractivity contribution is -0.173. The number of carbonyl (C=O) groups is 2. The van der Waals surface area contributed by atoms with E-state index in [0.717, 1.165) is 0 Å². The van der Waals surface area contributed by atoms with Crippen LogP contribution in [0.15, 0.2) is 0 Å². The molecule has 8 heteroatoms. The molecule has 0 heterocycles. The van der Waals surface area contributed by atoms with Gasteiger partial charge in [0.25, 0.3) is 0 Å². The maximum atomic E-state index is 11.7. The molecule has 0 spiro atoms. The standard InChI is InChI=1S/C10H14F3NO4/c11-10(12,13)6-18-5-4-14-7(15)9(8(16)17)2-1-3-9/h1-6H2,(H,14,15)(H,16,17). The normalized spacial score (nSPS) is 17.9. The SMILES string of the molecule is O=C(O)C1(C(=O)NCCOCC(F)(F)F)CCC1. The van der Waals surface area contributed by atoms with E-state index in [1.165, 1.54) is 0 Å². The van der Waals surface area contributed by atoms with E-state index in [2.05, 4.69) is 10.1 Å². The van der Waals surface area contributed by atoms with Gasteiger partial charge in [0.05, 0.1) is 6.61 Å². The first-order valence-corrected chi connectivity index (χ1v) is 5.44. The average molecular weight is 269 g/mol. The number of alkyl halides is 3. The zero-order valence-electron chi connectivity index (χ0n) is 9.55. The Morgan fingerprint density at radius 3 is 2.33 bits per heavy atom. The lowest BCUT2D eigenvalue weighted by Gasteiger charge is -2.35. The summed E-state index contributed by atoms with van der Waals surface area (Å²) in [5.41, 5.74) is -1.40. The van der Waals surface area contributed by atoms with Gasteiger partial charge in [-0.15, -0.1) is 0 Å². The molecule has 2 N–H and O–H groups in total. The van der Waals surface area contributed by atoms with Crippen LogP contribution in [0.2, 0.25) is 0 Å². The molecule has 104 valence electrons. The minimum Gasteiger partial charge on any atom is -0.480 e. The third kappa shape index (κ3) is 3.59. The summed E-state index contributed by atoms with van der Waals surface area (Å²) < 4.78 is 39.4. The molecule has 5 nitrogen and oxygen atoms in total. The molecule has 1 aliphatic carbocycles. The van der Waals surface area contributed by atoms with Crippen LogP contribution in [0, 0.1) is 5.41 Å². The highest BCUT2D eigenvalue weighted by molar-refractivity contribution is 6.02. The highest BCUT2D eigenvalue weighted by Crippen LogP contribution is 2.41. The molecule has 1 fully saturated rings. The Balaban J connectivity index is 2.23. The lowest BCUT2D eigenvalue weighted by Crippen LogP contribution is -2.51. The van der Waals surface area contributed by atoms with Crippen molar-refractivity contribution in [3.05, 3.63) is 0 Å². The fourth-order valence-corrected chi connectivity index (χ4v) is 1.66. The number of carboxylic acid groups (broad SMARTS) is 1. The molecule has 0 atom stereocenters. The first kappa shape index (κ1) is 14.7. The van der Waals surface area contributed by atoms with Crippen LogP contribution in [0.5, 0.6) is 0 Å². The summed E-state index contributed by atoms with van der Waals surface area (Å²) in [6, 6.07) is 0. The number of halogens is 3. The maximum absolute atomic E-state index is 11.7. The Hall–Kier alpha value is -1.31. The summed E-state index contributed by atoms with van der Waals surface area (Å²) in [5, 5.41) is 11.2. The number of hydrogen-bond acceptors (Lipinski definition) is 3. The van der Waals surface area contributed by atoms with Gasteiger partial charge in [0.2, 0.25) is 5.91 Å². The predicted molar refractivity (Wildman–Crippen MR) is 53.8 cm³/mol. The van der Waals surface area contributed by atoms with Crippen LogP contribution in [-0.4, -0.2) is 42.9 Å². The Morgan fingerprint density at radius 1 is 1.33 bits per heavy atom. The zero-order valence-corrected chi connectivity index (χ0v) is 9.55. The largest absolute Gasteiger partial charge is 0.480 e. The summed E-state index contributed by atoms with van der Waals surface area (Å²) in [6.07, 6.45) is -3.22. The van der Waals surface area contributed by atoms with Crippen LogP contribution in [0.4, 0.5) is 13.2 Å². The van der Waals surface area contributed by atoms with E-state index in [4.69, 9.17) is 5.11 Å². The number of ether oxygens (including phenoxy) is 1. The van der Waals surface area contributed by atoms with Crippen LogP contribution < -0.4 is 5.32 Å². The number of carbonyl (C=O) groups excluding carboxylic acids is 1. The Kier molecular flexibility index (Phi) is 4.55. The van der Waals surface area contributed by atoms with Crippen LogP contribution in [-0.2, 0) is 14.3 Å². The second kappa shape index (κ2) is 5.55.